The number of nitrogens with zero attached hydrogens (tertiary/aromatic N) is 2. The first kappa shape index (κ1) is 16.8. The molecule has 0 spiro atoms. The molecule has 2 aromatic carbocycles. The van der Waals surface area contributed by atoms with Crippen molar-refractivity contribution in [2.75, 3.05) is 7.11 Å². The number of hydrogen-bond donors (Lipinski definition) is 0. The van der Waals surface area contributed by atoms with Crippen LogP contribution in [-0.2, 0) is 19.4 Å². The predicted molar refractivity (Wildman–Crippen MR) is 101 cm³/mol. The lowest BCUT2D eigenvalue weighted by molar-refractivity contribution is 0.408. The summed E-state index contributed by atoms with van der Waals surface area (Å²) in [5, 5.41) is 0. The Balaban J connectivity index is 1.85. The minimum atomic E-state index is 0.893. The molecule has 0 bridgehead atoms. The second kappa shape index (κ2) is 7.67. The summed E-state index contributed by atoms with van der Waals surface area (Å²) in [6, 6.07) is 16.5. The van der Waals surface area contributed by atoms with E-state index in [1.165, 1.54) is 11.3 Å². The molecule has 0 saturated heterocycles. The quantitative estimate of drug-likeness (QED) is 0.589. The highest BCUT2D eigenvalue weighted by atomic mass is 79.9. The molecule has 0 atom stereocenters. The summed E-state index contributed by atoms with van der Waals surface area (Å²) < 4.78 is 8.78. The molecule has 1 aromatic heterocycles. The van der Waals surface area contributed by atoms with Crippen molar-refractivity contribution >= 4 is 15.9 Å². The highest BCUT2D eigenvalue weighted by molar-refractivity contribution is 9.10. The fourth-order valence-electron chi connectivity index (χ4n) is 3.00. The van der Waals surface area contributed by atoms with Crippen LogP contribution >= 0.6 is 15.9 Å². The van der Waals surface area contributed by atoms with Crippen molar-refractivity contribution in [2.45, 2.75) is 26.3 Å². The summed E-state index contributed by atoms with van der Waals surface area (Å²) in [6.07, 6.45) is 3.82. The number of imidazole rings is 1. The van der Waals surface area contributed by atoms with E-state index in [1.807, 2.05) is 30.6 Å². The molecule has 0 radical (unpaired) electrons. The first-order valence-corrected chi connectivity index (χ1v) is 8.94. The van der Waals surface area contributed by atoms with Crippen molar-refractivity contribution in [3.63, 3.8) is 0 Å². The van der Waals surface area contributed by atoms with Gasteiger partial charge in [0.1, 0.15) is 5.75 Å². The maximum atomic E-state index is 5.45. The van der Waals surface area contributed by atoms with Crippen LogP contribution in [0.1, 0.15) is 18.2 Å². The number of ether oxygens (including phenoxy) is 1. The molecule has 1 heterocycles. The largest absolute Gasteiger partial charge is 0.496 e. The Morgan fingerprint density at radius 2 is 1.96 bits per heavy atom. The Bertz CT molecular complexity index is 826. The van der Waals surface area contributed by atoms with Gasteiger partial charge in [0.2, 0.25) is 0 Å². The van der Waals surface area contributed by atoms with E-state index >= 15 is 0 Å². The van der Waals surface area contributed by atoms with Crippen LogP contribution in [-0.4, -0.2) is 16.7 Å². The van der Waals surface area contributed by atoms with Crippen molar-refractivity contribution in [2.24, 2.45) is 0 Å². The maximum Gasteiger partial charge on any atom is 0.122 e. The smallest absolute Gasteiger partial charge is 0.122 e. The van der Waals surface area contributed by atoms with E-state index in [0.29, 0.717) is 0 Å². The van der Waals surface area contributed by atoms with Gasteiger partial charge in [-0.1, -0.05) is 53.2 Å². The van der Waals surface area contributed by atoms with Gasteiger partial charge in [0.05, 0.1) is 19.1 Å². The van der Waals surface area contributed by atoms with Crippen molar-refractivity contribution in [1.29, 1.82) is 0 Å². The first-order valence-electron chi connectivity index (χ1n) is 8.14. The second-order valence-corrected chi connectivity index (χ2v) is 6.57. The van der Waals surface area contributed by atoms with Crippen LogP contribution in [0.15, 0.2) is 59.3 Å². The van der Waals surface area contributed by atoms with Gasteiger partial charge in [-0.15, -0.1) is 0 Å². The molecule has 0 amide bonds. The van der Waals surface area contributed by atoms with Crippen LogP contribution < -0.4 is 4.74 Å². The van der Waals surface area contributed by atoms with E-state index in [2.05, 4.69) is 56.7 Å². The van der Waals surface area contributed by atoms with E-state index in [-0.39, 0.29) is 0 Å². The summed E-state index contributed by atoms with van der Waals surface area (Å²) in [4.78, 5) is 4.66. The van der Waals surface area contributed by atoms with Crippen LogP contribution in [0.4, 0.5) is 0 Å². The minimum absolute atomic E-state index is 0.893. The monoisotopic (exact) mass is 384 g/mol. The number of aromatic nitrogens is 2. The van der Waals surface area contributed by atoms with Crippen molar-refractivity contribution in [1.82, 2.24) is 9.55 Å². The van der Waals surface area contributed by atoms with Crippen molar-refractivity contribution < 1.29 is 4.74 Å². The Morgan fingerprint density at radius 3 is 2.71 bits per heavy atom. The molecule has 0 N–H and O–H groups in total. The first-order chi connectivity index (χ1) is 11.7. The molecule has 0 unspecified atom stereocenters. The Hall–Kier alpha value is -2.07. The van der Waals surface area contributed by atoms with Crippen LogP contribution in [0.25, 0.3) is 11.3 Å². The Labute approximate surface area is 151 Å². The van der Waals surface area contributed by atoms with Crippen LogP contribution in [0.3, 0.4) is 0 Å². The average molecular weight is 385 g/mol. The Kier molecular flexibility index (Phi) is 5.36. The number of para-hydroxylation sites is 1. The molecule has 4 heteroatoms. The summed E-state index contributed by atoms with van der Waals surface area (Å²) in [6.45, 7) is 3.07. The zero-order valence-electron chi connectivity index (χ0n) is 14.0. The highest BCUT2D eigenvalue weighted by Gasteiger charge is 2.12. The molecule has 0 aliphatic carbocycles. The number of aryl methyl sites for hydroxylation is 2. The molecule has 0 saturated carbocycles. The summed E-state index contributed by atoms with van der Waals surface area (Å²) >= 11 is 3.54. The number of hydrogen-bond acceptors (Lipinski definition) is 2. The normalized spacial score (nSPS) is 10.8. The number of halogens is 1. The number of rotatable bonds is 6. The van der Waals surface area contributed by atoms with Gasteiger partial charge < -0.3 is 9.30 Å². The summed E-state index contributed by atoms with van der Waals surface area (Å²) in [5.41, 5.74) is 4.71. The van der Waals surface area contributed by atoms with Gasteiger partial charge in [0.15, 0.2) is 0 Å². The van der Waals surface area contributed by atoms with Crippen molar-refractivity contribution in [3.05, 3.63) is 70.6 Å². The molecule has 0 aliphatic heterocycles. The third kappa shape index (κ3) is 3.54. The molecule has 3 rings (SSSR count). The number of benzene rings is 2. The molecule has 0 fully saturated rings. The summed E-state index contributed by atoms with van der Waals surface area (Å²) in [5.74, 6) is 0.947. The molecule has 0 aliphatic rings. The fraction of sp³-hybridized carbons (Fsp3) is 0.250. The van der Waals surface area contributed by atoms with Gasteiger partial charge >= 0.3 is 0 Å². The van der Waals surface area contributed by atoms with E-state index in [9.17, 15) is 0 Å². The molecule has 3 nitrogen and oxygen atoms in total. The fourth-order valence-corrected chi connectivity index (χ4v) is 3.40. The van der Waals surface area contributed by atoms with Gasteiger partial charge in [-0.05, 0) is 36.6 Å². The zero-order chi connectivity index (χ0) is 16.9. The van der Waals surface area contributed by atoms with E-state index < -0.39 is 0 Å². The lowest BCUT2D eigenvalue weighted by Gasteiger charge is -2.11. The van der Waals surface area contributed by atoms with Crippen molar-refractivity contribution in [3.8, 4) is 17.0 Å². The second-order valence-electron chi connectivity index (χ2n) is 5.66. The lowest BCUT2D eigenvalue weighted by atomic mass is 10.1. The van der Waals surface area contributed by atoms with Crippen LogP contribution in [0.2, 0.25) is 0 Å². The number of methoxy groups -OCH3 is 1. The Morgan fingerprint density at radius 1 is 1.12 bits per heavy atom. The third-order valence-electron chi connectivity index (χ3n) is 4.19. The molecular formula is C20H21BrN2O. The van der Waals surface area contributed by atoms with Gasteiger partial charge in [-0.25, -0.2) is 4.98 Å². The van der Waals surface area contributed by atoms with Gasteiger partial charge in [-0.2, -0.15) is 0 Å². The van der Waals surface area contributed by atoms with E-state index in [4.69, 9.17) is 4.74 Å². The topological polar surface area (TPSA) is 27.1 Å². The average Bonchev–Trinajstić information content (AvgIpc) is 3.03. The molecular weight excluding hydrogens is 364 g/mol. The van der Waals surface area contributed by atoms with E-state index in [0.717, 1.165) is 40.9 Å². The molecule has 124 valence electrons. The van der Waals surface area contributed by atoms with Crippen LogP contribution in [0.5, 0.6) is 5.75 Å². The minimum Gasteiger partial charge on any atom is -0.496 e. The van der Waals surface area contributed by atoms with E-state index in [1.54, 1.807) is 7.11 Å². The lowest BCUT2D eigenvalue weighted by Crippen LogP contribution is -2.05. The van der Waals surface area contributed by atoms with Gasteiger partial charge in [0, 0.05) is 22.3 Å². The zero-order valence-corrected chi connectivity index (χ0v) is 15.6. The molecule has 3 aromatic rings. The third-order valence-corrected chi connectivity index (χ3v) is 4.69. The van der Waals surface area contributed by atoms with Crippen LogP contribution in [0, 0.1) is 0 Å². The predicted octanol–water partition coefficient (Wildman–Crippen LogP) is 5.13. The highest BCUT2D eigenvalue weighted by Crippen LogP contribution is 2.26. The van der Waals surface area contributed by atoms with Gasteiger partial charge in [-0.3, -0.25) is 0 Å². The SMILES string of the molecule is CCc1c(-c2cccc(Br)c2)ncn1CCc1ccccc1OC. The maximum absolute atomic E-state index is 5.45. The van der Waals surface area contributed by atoms with Gasteiger partial charge in [0.25, 0.3) is 0 Å². The standard InChI is InChI=1S/C20H21BrN2O/c1-3-18-20(16-8-6-9-17(21)13-16)22-14-23(18)12-11-15-7-4-5-10-19(15)24-2/h4-10,13-14H,3,11-12H2,1-2H3. The molecule has 24 heavy (non-hydrogen) atoms. The summed E-state index contributed by atoms with van der Waals surface area (Å²) in [7, 11) is 1.72.